The van der Waals surface area contributed by atoms with Crippen LogP contribution in [0.25, 0.3) is 6.08 Å². The van der Waals surface area contributed by atoms with Crippen LogP contribution in [0, 0.1) is 26.7 Å². The van der Waals surface area contributed by atoms with E-state index < -0.39 is 11.9 Å². The zero-order valence-corrected chi connectivity index (χ0v) is 16.9. The van der Waals surface area contributed by atoms with Crippen LogP contribution in [-0.4, -0.2) is 25.5 Å². The molecule has 0 spiro atoms. The minimum atomic E-state index is -0.731. The molecular weight excluding hydrogens is 328 g/mol. The smallest absolute Gasteiger partial charge is 0.316 e. The molecule has 1 unspecified atom stereocenters. The Hall–Kier alpha value is -2.36. The highest BCUT2D eigenvalue weighted by Crippen LogP contribution is 2.28. The van der Waals surface area contributed by atoms with Crippen LogP contribution in [0.2, 0.25) is 0 Å². The van der Waals surface area contributed by atoms with Gasteiger partial charge in [0.2, 0.25) is 0 Å². The Morgan fingerprint density at radius 2 is 1.81 bits per heavy atom. The van der Waals surface area contributed by atoms with Gasteiger partial charge in [-0.25, -0.2) is 0 Å². The quantitative estimate of drug-likeness (QED) is 0.383. The first kappa shape index (κ1) is 21.7. The average molecular weight is 358 g/mol. The second-order valence-electron chi connectivity index (χ2n) is 6.49. The van der Waals surface area contributed by atoms with E-state index in [0.29, 0.717) is 6.42 Å². The van der Waals surface area contributed by atoms with Gasteiger partial charge in [0.1, 0.15) is 17.5 Å². The van der Waals surface area contributed by atoms with E-state index in [4.69, 9.17) is 9.47 Å². The summed E-state index contributed by atoms with van der Waals surface area (Å²) in [6, 6.07) is 2.04. The lowest BCUT2D eigenvalue weighted by Crippen LogP contribution is -2.23. The predicted octanol–water partition coefficient (Wildman–Crippen LogP) is 4.74. The third-order valence-corrected chi connectivity index (χ3v) is 4.58. The molecule has 4 nitrogen and oxygen atoms in total. The summed E-state index contributed by atoms with van der Waals surface area (Å²) in [6.07, 6.45) is 6.32. The Bertz CT molecular complexity index is 726. The van der Waals surface area contributed by atoms with E-state index in [2.05, 4.69) is 19.9 Å². The summed E-state index contributed by atoms with van der Waals surface area (Å²) in [7, 11) is 1.68. The van der Waals surface area contributed by atoms with Crippen LogP contribution in [0.3, 0.4) is 0 Å². The second-order valence-corrected chi connectivity index (χ2v) is 6.49. The van der Waals surface area contributed by atoms with Crippen molar-refractivity contribution in [3.8, 4) is 5.75 Å². The summed E-state index contributed by atoms with van der Waals surface area (Å²) >= 11 is 0. The Kier molecular flexibility index (Phi) is 8.30. The number of hydrogen-bond donors (Lipinski definition) is 0. The fourth-order valence-electron chi connectivity index (χ4n) is 2.79. The van der Waals surface area contributed by atoms with Crippen LogP contribution in [0.1, 0.15) is 49.4 Å². The van der Waals surface area contributed by atoms with E-state index in [0.717, 1.165) is 28.0 Å². The van der Waals surface area contributed by atoms with Crippen molar-refractivity contribution in [2.75, 3.05) is 13.7 Å². The predicted molar refractivity (Wildman–Crippen MR) is 105 cm³/mol. The standard InChI is InChI=1S/C22H30O4/c1-8-26-22(24)20(18(6)23)12-10-14(2)9-11-19-15(3)13-21(25-7)17(5)16(19)4/h9-11,13,20H,8,12H2,1-7H3/b11-9+,14-10+. The molecule has 0 amide bonds. The number of esters is 1. The monoisotopic (exact) mass is 358 g/mol. The van der Waals surface area contributed by atoms with Crippen LogP contribution in [0.5, 0.6) is 5.75 Å². The van der Waals surface area contributed by atoms with Gasteiger partial charge < -0.3 is 9.47 Å². The zero-order valence-electron chi connectivity index (χ0n) is 16.9. The molecule has 26 heavy (non-hydrogen) atoms. The summed E-state index contributed by atoms with van der Waals surface area (Å²) in [5.74, 6) is -0.465. The number of ketones is 1. The molecule has 0 radical (unpaired) electrons. The lowest BCUT2D eigenvalue weighted by atomic mass is 9.96. The van der Waals surface area contributed by atoms with Crippen molar-refractivity contribution >= 4 is 17.8 Å². The number of rotatable bonds is 8. The summed E-state index contributed by atoms with van der Waals surface area (Å²) < 4.78 is 10.4. The summed E-state index contributed by atoms with van der Waals surface area (Å²) in [6.45, 7) is 11.6. The Balaban J connectivity index is 2.98. The molecule has 1 aromatic rings. The van der Waals surface area contributed by atoms with Crippen LogP contribution in [0.15, 0.2) is 23.8 Å². The second kappa shape index (κ2) is 9.95. The molecule has 0 aliphatic carbocycles. The van der Waals surface area contributed by atoms with Gasteiger partial charge in [0.25, 0.3) is 0 Å². The van der Waals surface area contributed by atoms with Gasteiger partial charge in [-0.3, -0.25) is 9.59 Å². The van der Waals surface area contributed by atoms with Crippen molar-refractivity contribution in [1.82, 2.24) is 0 Å². The largest absolute Gasteiger partial charge is 0.496 e. The van der Waals surface area contributed by atoms with Crippen molar-refractivity contribution in [2.24, 2.45) is 5.92 Å². The molecule has 1 atom stereocenters. The van der Waals surface area contributed by atoms with Crippen molar-refractivity contribution in [3.63, 3.8) is 0 Å². The molecule has 0 saturated heterocycles. The minimum Gasteiger partial charge on any atom is -0.496 e. The Morgan fingerprint density at radius 3 is 2.35 bits per heavy atom. The van der Waals surface area contributed by atoms with Crippen molar-refractivity contribution in [2.45, 2.75) is 48.0 Å². The highest BCUT2D eigenvalue weighted by Gasteiger charge is 2.23. The highest BCUT2D eigenvalue weighted by molar-refractivity contribution is 5.97. The van der Waals surface area contributed by atoms with E-state index in [1.54, 1.807) is 14.0 Å². The topological polar surface area (TPSA) is 52.6 Å². The average Bonchev–Trinajstić information content (AvgIpc) is 2.58. The molecule has 0 aromatic heterocycles. The normalized spacial score (nSPS) is 13.0. The molecule has 0 N–H and O–H groups in total. The van der Waals surface area contributed by atoms with Gasteiger partial charge in [0.15, 0.2) is 0 Å². The van der Waals surface area contributed by atoms with Gasteiger partial charge in [-0.15, -0.1) is 0 Å². The summed E-state index contributed by atoms with van der Waals surface area (Å²) in [5, 5.41) is 0. The number of carbonyl (C=O) groups excluding carboxylic acids is 2. The number of aryl methyl sites for hydroxylation is 1. The summed E-state index contributed by atoms with van der Waals surface area (Å²) in [4.78, 5) is 23.5. The molecular formula is C22H30O4. The zero-order chi connectivity index (χ0) is 19.9. The first-order valence-corrected chi connectivity index (χ1v) is 8.89. The molecule has 0 saturated carbocycles. The van der Waals surface area contributed by atoms with E-state index in [1.165, 1.54) is 12.5 Å². The first-order valence-electron chi connectivity index (χ1n) is 8.89. The van der Waals surface area contributed by atoms with Gasteiger partial charge in [0, 0.05) is 0 Å². The summed E-state index contributed by atoms with van der Waals surface area (Å²) in [5.41, 5.74) is 5.59. The molecule has 0 fully saturated rings. The fraction of sp³-hybridized carbons (Fsp3) is 0.455. The van der Waals surface area contributed by atoms with Crippen molar-refractivity contribution in [1.29, 1.82) is 0 Å². The van der Waals surface area contributed by atoms with Crippen molar-refractivity contribution in [3.05, 3.63) is 46.0 Å². The molecule has 0 heterocycles. The highest BCUT2D eigenvalue weighted by atomic mass is 16.5. The van der Waals surface area contributed by atoms with E-state index in [1.807, 2.05) is 32.1 Å². The Labute approximate surface area is 156 Å². The van der Waals surface area contributed by atoms with Crippen LogP contribution < -0.4 is 4.74 Å². The molecule has 4 heteroatoms. The van der Waals surface area contributed by atoms with Gasteiger partial charge in [0.05, 0.1) is 13.7 Å². The van der Waals surface area contributed by atoms with Crippen LogP contribution >= 0.6 is 0 Å². The Morgan fingerprint density at radius 1 is 1.15 bits per heavy atom. The molecule has 142 valence electrons. The number of methoxy groups -OCH3 is 1. The third kappa shape index (κ3) is 5.58. The third-order valence-electron chi connectivity index (χ3n) is 4.58. The van der Waals surface area contributed by atoms with Crippen LogP contribution in [-0.2, 0) is 14.3 Å². The van der Waals surface area contributed by atoms with Gasteiger partial charge in [-0.1, -0.05) is 23.8 Å². The molecule has 1 aromatic carbocycles. The van der Waals surface area contributed by atoms with Crippen molar-refractivity contribution < 1.29 is 19.1 Å². The maximum absolute atomic E-state index is 11.9. The van der Waals surface area contributed by atoms with E-state index in [-0.39, 0.29) is 12.4 Å². The van der Waals surface area contributed by atoms with E-state index >= 15 is 0 Å². The van der Waals surface area contributed by atoms with E-state index in [9.17, 15) is 9.59 Å². The maximum atomic E-state index is 11.9. The molecule has 0 bridgehead atoms. The maximum Gasteiger partial charge on any atom is 0.316 e. The van der Waals surface area contributed by atoms with Gasteiger partial charge in [-0.05, 0) is 76.3 Å². The number of carbonyl (C=O) groups is 2. The minimum absolute atomic E-state index is 0.172. The lowest BCUT2D eigenvalue weighted by Gasteiger charge is -2.13. The van der Waals surface area contributed by atoms with Gasteiger partial charge in [-0.2, -0.15) is 0 Å². The van der Waals surface area contributed by atoms with Gasteiger partial charge >= 0.3 is 5.97 Å². The molecule has 1 rings (SSSR count). The number of Topliss-reactive ketones (excluding diaryl/α,β-unsaturated/α-hetero) is 1. The lowest BCUT2D eigenvalue weighted by molar-refractivity contribution is -0.150. The molecule has 0 aliphatic heterocycles. The SMILES string of the molecule is CCOC(=O)C(C/C=C(C)/C=C/c1c(C)cc(OC)c(C)c1C)C(C)=O. The number of ether oxygens (including phenoxy) is 2. The number of hydrogen-bond acceptors (Lipinski definition) is 4. The first-order chi connectivity index (χ1) is 12.2. The number of benzene rings is 1. The number of allylic oxidation sites excluding steroid dienone is 3. The molecule has 0 aliphatic rings. The fourth-order valence-corrected chi connectivity index (χ4v) is 2.79. The van der Waals surface area contributed by atoms with Crippen LogP contribution in [0.4, 0.5) is 0 Å².